The Balaban J connectivity index is 2.91. The van der Waals surface area contributed by atoms with Gasteiger partial charge >= 0.3 is 0 Å². The molecule has 1 atom stereocenters. The molecule has 84 valence electrons. The van der Waals surface area contributed by atoms with Crippen molar-refractivity contribution in [2.24, 2.45) is 0 Å². The highest BCUT2D eigenvalue weighted by Gasteiger charge is 2.17. The lowest BCUT2D eigenvalue weighted by molar-refractivity contribution is 0.193. The van der Waals surface area contributed by atoms with E-state index in [0.717, 1.165) is 5.56 Å². The van der Waals surface area contributed by atoms with E-state index in [-0.39, 0.29) is 5.41 Å². The molecule has 1 N–H and O–H groups in total. The summed E-state index contributed by atoms with van der Waals surface area (Å²) >= 11 is 11.2. The van der Waals surface area contributed by atoms with Crippen LogP contribution in [0, 0.1) is 0 Å². The van der Waals surface area contributed by atoms with E-state index < -0.39 is 10.9 Å². The highest BCUT2D eigenvalue weighted by Crippen LogP contribution is 2.27. The van der Waals surface area contributed by atoms with Crippen LogP contribution in [0.15, 0.2) is 24.3 Å². The summed E-state index contributed by atoms with van der Waals surface area (Å²) < 4.78 is 0. The van der Waals surface area contributed by atoms with Gasteiger partial charge in [0, 0.05) is 0 Å². The van der Waals surface area contributed by atoms with Crippen molar-refractivity contribution < 1.29 is 5.11 Å². The Bertz CT molecular complexity index is 311. The van der Waals surface area contributed by atoms with Crippen molar-refractivity contribution in [3.63, 3.8) is 0 Å². The van der Waals surface area contributed by atoms with E-state index in [4.69, 9.17) is 23.2 Å². The monoisotopic (exact) mass is 246 g/mol. The number of alkyl halides is 2. The fraction of sp³-hybridized carbons (Fsp3) is 0.500. The number of benzene rings is 1. The Kier molecular flexibility index (Phi) is 4.05. The van der Waals surface area contributed by atoms with Gasteiger partial charge in [-0.25, -0.2) is 0 Å². The van der Waals surface area contributed by atoms with E-state index >= 15 is 0 Å². The lowest BCUT2D eigenvalue weighted by Gasteiger charge is -2.20. The minimum absolute atomic E-state index is 0.116. The first-order valence-electron chi connectivity index (χ1n) is 4.89. The second-order valence-corrected chi connectivity index (χ2v) is 5.82. The van der Waals surface area contributed by atoms with Gasteiger partial charge in [-0.15, -0.1) is 23.2 Å². The number of aliphatic hydroxyl groups is 1. The van der Waals surface area contributed by atoms with Crippen molar-refractivity contribution >= 4 is 23.2 Å². The normalized spacial score (nSPS) is 14.3. The molecule has 3 heteroatoms. The summed E-state index contributed by atoms with van der Waals surface area (Å²) in [6.45, 7) is 6.43. The first kappa shape index (κ1) is 12.8. The quantitative estimate of drug-likeness (QED) is 0.787. The topological polar surface area (TPSA) is 20.2 Å². The zero-order valence-corrected chi connectivity index (χ0v) is 10.7. The van der Waals surface area contributed by atoms with Crippen molar-refractivity contribution in [1.82, 2.24) is 0 Å². The minimum Gasteiger partial charge on any atom is -0.386 e. The van der Waals surface area contributed by atoms with Gasteiger partial charge in [-0.2, -0.15) is 0 Å². The summed E-state index contributed by atoms with van der Waals surface area (Å²) in [5.41, 5.74) is 2.09. The van der Waals surface area contributed by atoms with Crippen molar-refractivity contribution in [3.05, 3.63) is 35.4 Å². The highest BCUT2D eigenvalue weighted by molar-refractivity contribution is 6.44. The van der Waals surface area contributed by atoms with Crippen molar-refractivity contribution in [2.45, 2.75) is 37.1 Å². The molecule has 1 aromatic carbocycles. The molecule has 0 radical (unpaired) electrons. The number of halogens is 2. The zero-order valence-electron chi connectivity index (χ0n) is 9.17. The Labute approximate surface area is 101 Å². The summed E-state index contributed by atoms with van der Waals surface area (Å²) in [5, 5.41) is 9.63. The molecule has 15 heavy (non-hydrogen) atoms. The smallest absolute Gasteiger partial charge is 0.137 e. The first-order valence-corrected chi connectivity index (χ1v) is 5.76. The predicted octanol–water partition coefficient (Wildman–Crippen LogP) is 3.82. The molecule has 0 saturated carbocycles. The summed E-state index contributed by atoms with van der Waals surface area (Å²) in [4.78, 5) is -0.787. The molecular weight excluding hydrogens is 231 g/mol. The van der Waals surface area contributed by atoms with Crippen LogP contribution >= 0.6 is 23.2 Å². The Hall–Kier alpha value is -0.240. The Morgan fingerprint density at radius 2 is 1.53 bits per heavy atom. The van der Waals surface area contributed by atoms with Gasteiger partial charge in [0.1, 0.15) is 10.9 Å². The van der Waals surface area contributed by atoms with Crippen molar-refractivity contribution in [1.29, 1.82) is 0 Å². The van der Waals surface area contributed by atoms with Gasteiger partial charge in [0.15, 0.2) is 0 Å². The average molecular weight is 247 g/mol. The Morgan fingerprint density at radius 3 is 1.87 bits per heavy atom. The maximum atomic E-state index is 9.63. The molecule has 0 aliphatic rings. The summed E-state index contributed by atoms with van der Waals surface area (Å²) in [6, 6.07) is 7.72. The van der Waals surface area contributed by atoms with E-state index in [0.29, 0.717) is 0 Å². The van der Waals surface area contributed by atoms with Gasteiger partial charge < -0.3 is 5.11 Å². The van der Waals surface area contributed by atoms with Crippen LogP contribution < -0.4 is 0 Å². The fourth-order valence-corrected chi connectivity index (χ4v) is 1.62. The van der Waals surface area contributed by atoms with Gasteiger partial charge in [-0.05, 0) is 16.5 Å². The van der Waals surface area contributed by atoms with E-state index in [1.54, 1.807) is 0 Å². The molecule has 1 aromatic rings. The molecule has 1 nitrogen and oxygen atoms in total. The Morgan fingerprint density at radius 1 is 1.07 bits per heavy atom. The summed E-state index contributed by atoms with van der Waals surface area (Å²) in [5.74, 6) is 0. The zero-order chi connectivity index (χ0) is 11.6. The van der Waals surface area contributed by atoms with Crippen LogP contribution in [0.25, 0.3) is 0 Å². The molecule has 0 aromatic heterocycles. The van der Waals surface area contributed by atoms with Crippen molar-refractivity contribution in [3.8, 4) is 0 Å². The third-order valence-electron chi connectivity index (χ3n) is 2.36. The van der Waals surface area contributed by atoms with E-state index in [9.17, 15) is 5.11 Å². The molecule has 0 aliphatic carbocycles. The van der Waals surface area contributed by atoms with Gasteiger partial charge in [-0.1, -0.05) is 45.0 Å². The van der Waals surface area contributed by atoms with E-state index in [2.05, 4.69) is 20.8 Å². The second-order valence-electron chi connectivity index (χ2n) is 4.65. The van der Waals surface area contributed by atoms with Crippen molar-refractivity contribution in [2.75, 3.05) is 0 Å². The summed E-state index contributed by atoms with van der Waals surface area (Å²) in [6.07, 6.45) is -0.817. The van der Waals surface area contributed by atoms with Crippen LogP contribution in [0.3, 0.4) is 0 Å². The van der Waals surface area contributed by atoms with Crippen LogP contribution in [-0.4, -0.2) is 9.94 Å². The fourth-order valence-electron chi connectivity index (χ4n) is 1.33. The maximum absolute atomic E-state index is 9.63. The minimum atomic E-state index is -0.817. The van der Waals surface area contributed by atoms with Gasteiger partial charge in [0.25, 0.3) is 0 Å². The summed E-state index contributed by atoms with van der Waals surface area (Å²) in [7, 11) is 0. The van der Waals surface area contributed by atoms with E-state index in [1.165, 1.54) is 5.56 Å². The standard InChI is InChI=1S/C12H16Cl2O/c1-12(2,3)9-6-4-8(5-7-9)10(15)11(13)14/h4-7,10-11,15H,1-3H3. The second kappa shape index (κ2) is 4.73. The van der Waals surface area contributed by atoms with Gasteiger partial charge in [0.05, 0.1) is 0 Å². The molecule has 1 rings (SSSR count). The third kappa shape index (κ3) is 3.37. The molecule has 0 aliphatic heterocycles. The first-order chi connectivity index (χ1) is 6.82. The van der Waals surface area contributed by atoms with Crippen LogP contribution in [0.4, 0.5) is 0 Å². The molecule has 0 amide bonds. The number of aliphatic hydroxyl groups excluding tert-OH is 1. The van der Waals surface area contributed by atoms with Crippen LogP contribution in [0.5, 0.6) is 0 Å². The number of hydrogen-bond donors (Lipinski definition) is 1. The SMILES string of the molecule is CC(C)(C)c1ccc(C(O)C(Cl)Cl)cc1. The molecule has 1 unspecified atom stereocenters. The number of hydrogen-bond acceptors (Lipinski definition) is 1. The molecule has 0 fully saturated rings. The molecular formula is C12H16Cl2O. The van der Waals surface area contributed by atoms with Gasteiger partial charge in [0.2, 0.25) is 0 Å². The predicted molar refractivity (Wildman–Crippen MR) is 65.6 cm³/mol. The molecule has 0 heterocycles. The molecule has 0 saturated heterocycles. The lowest BCUT2D eigenvalue weighted by atomic mass is 9.86. The van der Waals surface area contributed by atoms with Crippen LogP contribution in [0.2, 0.25) is 0 Å². The number of rotatable bonds is 2. The van der Waals surface area contributed by atoms with E-state index in [1.807, 2.05) is 24.3 Å². The van der Waals surface area contributed by atoms with Crippen LogP contribution in [0.1, 0.15) is 38.0 Å². The van der Waals surface area contributed by atoms with Crippen LogP contribution in [-0.2, 0) is 5.41 Å². The average Bonchev–Trinajstić information content (AvgIpc) is 2.15. The maximum Gasteiger partial charge on any atom is 0.137 e. The molecule has 0 spiro atoms. The van der Waals surface area contributed by atoms with Gasteiger partial charge in [-0.3, -0.25) is 0 Å². The largest absolute Gasteiger partial charge is 0.386 e. The highest BCUT2D eigenvalue weighted by atomic mass is 35.5. The lowest BCUT2D eigenvalue weighted by Crippen LogP contribution is -2.12. The third-order valence-corrected chi connectivity index (χ3v) is 2.83. The molecule has 0 bridgehead atoms.